The van der Waals surface area contributed by atoms with Gasteiger partial charge in [0.05, 0.1) is 32.1 Å². The van der Waals surface area contributed by atoms with E-state index in [1.165, 1.54) is 30.0 Å². The van der Waals surface area contributed by atoms with E-state index >= 15 is 0 Å². The third-order valence-electron chi connectivity index (χ3n) is 8.88. The van der Waals surface area contributed by atoms with Gasteiger partial charge in [0.15, 0.2) is 11.6 Å². The van der Waals surface area contributed by atoms with Crippen molar-refractivity contribution in [3.63, 3.8) is 0 Å². The van der Waals surface area contributed by atoms with Crippen LogP contribution in [0.25, 0.3) is 0 Å². The van der Waals surface area contributed by atoms with E-state index in [1.807, 2.05) is 5.01 Å². The maximum absolute atomic E-state index is 13.8. The van der Waals surface area contributed by atoms with Crippen LogP contribution in [0.3, 0.4) is 0 Å². The van der Waals surface area contributed by atoms with Gasteiger partial charge in [0.25, 0.3) is 0 Å². The Hall–Kier alpha value is -2.75. The summed E-state index contributed by atoms with van der Waals surface area (Å²) in [5, 5.41) is 1.89. The van der Waals surface area contributed by atoms with Crippen LogP contribution in [0.1, 0.15) is 42.5 Å². The standard InChI is InChI=1S/C28H37FN6O6S/c1-39-27(36)23-13-20(29)3-6-24(23)41-25-14-30-19-31-26(25)33-17-28(18-33)7-11-32(12-8-28)15-22-5-4-21(16-40-22)35(42(37)38)34-9-2-10-34/h3,6,13-14,19,21-22H,2,4-5,7-12,15-18H2,1H3,(H,37,38)/p-1/t21-,22+/m1/s1. The summed E-state index contributed by atoms with van der Waals surface area (Å²) < 4.78 is 55.8. The highest BCUT2D eigenvalue weighted by Crippen LogP contribution is 2.45. The summed E-state index contributed by atoms with van der Waals surface area (Å²) in [7, 11) is 1.24. The van der Waals surface area contributed by atoms with Crippen molar-refractivity contribution in [1.82, 2.24) is 24.3 Å². The molecule has 42 heavy (non-hydrogen) atoms. The van der Waals surface area contributed by atoms with Gasteiger partial charge in [0.2, 0.25) is 0 Å². The molecule has 5 heterocycles. The number of ether oxygens (including phenoxy) is 3. The van der Waals surface area contributed by atoms with Crippen molar-refractivity contribution in [2.24, 2.45) is 5.41 Å². The van der Waals surface area contributed by atoms with E-state index in [1.54, 1.807) is 6.20 Å². The third-order valence-corrected chi connectivity index (χ3v) is 9.71. The van der Waals surface area contributed by atoms with Crippen molar-refractivity contribution in [3.8, 4) is 11.5 Å². The molecule has 4 saturated heterocycles. The third kappa shape index (κ3) is 6.15. The van der Waals surface area contributed by atoms with Gasteiger partial charge in [-0.25, -0.2) is 24.2 Å². The molecule has 228 valence electrons. The van der Waals surface area contributed by atoms with Gasteiger partial charge < -0.3 is 28.6 Å². The number of likely N-dealkylation sites (tertiary alicyclic amines) is 1. The first-order valence-electron chi connectivity index (χ1n) is 14.4. The van der Waals surface area contributed by atoms with Crippen LogP contribution in [0.5, 0.6) is 11.5 Å². The minimum atomic E-state index is -2.27. The summed E-state index contributed by atoms with van der Waals surface area (Å²) in [5.74, 6) is -0.0529. The molecule has 0 amide bonds. The van der Waals surface area contributed by atoms with Gasteiger partial charge in [-0.15, -0.1) is 0 Å². The first kappa shape index (κ1) is 29.3. The number of carbonyl (C=O) groups excluding carboxylic acids is 1. The molecule has 0 radical (unpaired) electrons. The Labute approximate surface area is 247 Å². The SMILES string of the molecule is COC(=O)c1cc(F)ccc1Oc1cncnc1N1CC2(CCN(C[C@@H]3CC[C@@H](N(N4CCC4)S(=O)[O-])CO3)CC2)C1. The molecule has 6 rings (SSSR count). The van der Waals surface area contributed by atoms with E-state index in [9.17, 15) is 17.9 Å². The number of hydrogen-bond donors (Lipinski definition) is 0. The maximum Gasteiger partial charge on any atom is 0.341 e. The summed E-state index contributed by atoms with van der Waals surface area (Å²) in [6.07, 6.45) is 7.94. The number of hydrogen-bond acceptors (Lipinski definition) is 11. The zero-order valence-corrected chi connectivity index (χ0v) is 24.5. The number of benzene rings is 1. The zero-order valence-electron chi connectivity index (χ0n) is 23.7. The molecule has 4 aliphatic rings. The number of aromatic nitrogens is 2. The lowest BCUT2D eigenvalue weighted by atomic mass is 9.72. The second-order valence-corrected chi connectivity index (χ2v) is 12.4. The van der Waals surface area contributed by atoms with E-state index in [2.05, 4.69) is 19.8 Å². The Kier molecular flexibility index (Phi) is 8.70. The number of hydrazine groups is 1. The monoisotopic (exact) mass is 603 g/mol. The van der Waals surface area contributed by atoms with Gasteiger partial charge in [-0.3, -0.25) is 4.21 Å². The highest BCUT2D eigenvalue weighted by atomic mass is 32.2. The maximum atomic E-state index is 13.8. The fourth-order valence-electron chi connectivity index (χ4n) is 6.38. The lowest BCUT2D eigenvalue weighted by molar-refractivity contribution is -0.0998. The first-order chi connectivity index (χ1) is 20.3. The zero-order chi connectivity index (χ0) is 29.3. The number of methoxy groups -OCH3 is 1. The van der Waals surface area contributed by atoms with Crippen LogP contribution in [0.4, 0.5) is 10.2 Å². The molecule has 2 aromatic rings. The Morgan fingerprint density at radius 3 is 2.64 bits per heavy atom. The van der Waals surface area contributed by atoms with Gasteiger partial charge in [-0.1, -0.05) is 0 Å². The van der Waals surface area contributed by atoms with Crippen LogP contribution in [0, 0.1) is 11.2 Å². The molecule has 3 atom stereocenters. The van der Waals surface area contributed by atoms with E-state index in [0.717, 1.165) is 84.0 Å². The summed E-state index contributed by atoms with van der Waals surface area (Å²) in [6, 6.07) is 3.60. The summed E-state index contributed by atoms with van der Waals surface area (Å²) >= 11 is -2.27. The number of carbonyl (C=O) groups is 1. The lowest BCUT2D eigenvalue weighted by Crippen LogP contribution is -2.61. The second-order valence-electron chi connectivity index (χ2n) is 11.6. The molecule has 1 aromatic heterocycles. The first-order valence-corrected chi connectivity index (χ1v) is 15.5. The number of halogens is 1. The molecule has 4 aliphatic heterocycles. The van der Waals surface area contributed by atoms with Gasteiger partial charge in [0, 0.05) is 49.4 Å². The van der Waals surface area contributed by atoms with Crippen LogP contribution < -0.4 is 9.64 Å². The van der Waals surface area contributed by atoms with Gasteiger partial charge in [-0.05, 0) is 63.4 Å². The van der Waals surface area contributed by atoms with Crippen molar-refractivity contribution < 1.29 is 32.2 Å². The van der Waals surface area contributed by atoms with Crippen LogP contribution in [-0.4, -0.2) is 111 Å². The van der Waals surface area contributed by atoms with Gasteiger partial charge >= 0.3 is 5.97 Å². The second kappa shape index (κ2) is 12.5. The molecular weight excluding hydrogens is 567 g/mol. The summed E-state index contributed by atoms with van der Waals surface area (Å²) in [4.78, 5) is 25.3. The Morgan fingerprint density at radius 1 is 1.21 bits per heavy atom. The largest absolute Gasteiger partial charge is 0.759 e. The van der Waals surface area contributed by atoms with Gasteiger partial charge in [-0.2, -0.15) is 4.41 Å². The summed E-state index contributed by atoms with van der Waals surface area (Å²) in [6.45, 7) is 6.50. The number of esters is 1. The van der Waals surface area contributed by atoms with Crippen LogP contribution in [0.2, 0.25) is 0 Å². The van der Waals surface area contributed by atoms with E-state index < -0.39 is 23.1 Å². The average molecular weight is 604 g/mol. The number of nitrogens with zero attached hydrogens (tertiary/aromatic N) is 6. The van der Waals surface area contributed by atoms with Crippen molar-refractivity contribution in [3.05, 3.63) is 42.1 Å². The fourth-order valence-corrected chi connectivity index (χ4v) is 7.14. The van der Waals surface area contributed by atoms with E-state index in [-0.39, 0.29) is 28.9 Å². The summed E-state index contributed by atoms with van der Waals surface area (Å²) in [5.41, 5.74) is 0.186. The molecule has 1 unspecified atom stereocenters. The fraction of sp³-hybridized carbons (Fsp3) is 0.607. The average Bonchev–Trinajstić information content (AvgIpc) is 2.95. The van der Waals surface area contributed by atoms with Crippen molar-refractivity contribution in [2.45, 2.75) is 44.2 Å². The molecule has 12 nitrogen and oxygen atoms in total. The quantitative estimate of drug-likeness (QED) is 0.310. The van der Waals surface area contributed by atoms with Crippen molar-refractivity contribution >= 4 is 23.1 Å². The molecule has 4 fully saturated rings. The Balaban J connectivity index is 0.998. The molecule has 1 spiro atoms. The normalized spacial score (nSPS) is 25.1. The van der Waals surface area contributed by atoms with Gasteiger partial charge in [0.1, 0.15) is 23.5 Å². The predicted octanol–water partition coefficient (Wildman–Crippen LogP) is 2.36. The van der Waals surface area contributed by atoms with Crippen LogP contribution in [0.15, 0.2) is 30.7 Å². The van der Waals surface area contributed by atoms with Crippen LogP contribution >= 0.6 is 0 Å². The molecule has 1 aromatic carbocycles. The number of anilines is 1. The molecule has 0 bridgehead atoms. The van der Waals surface area contributed by atoms with Crippen LogP contribution in [-0.2, 0) is 20.7 Å². The topological polar surface area (TPSA) is 124 Å². The minimum Gasteiger partial charge on any atom is -0.759 e. The van der Waals surface area contributed by atoms with E-state index in [0.29, 0.717) is 18.2 Å². The Morgan fingerprint density at radius 2 is 2.00 bits per heavy atom. The van der Waals surface area contributed by atoms with Crippen molar-refractivity contribution in [2.75, 3.05) is 64.4 Å². The molecule has 14 heteroatoms. The number of piperidine rings is 1. The Bertz CT molecular complexity index is 1290. The predicted molar refractivity (Wildman–Crippen MR) is 150 cm³/mol. The molecule has 0 saturated carbocycles. The van der Waals surface area contributed by atoms with Crippen molar-refractivity contribution in [1.29, 1.82) is 0 Å². The molecule has 0 aliphatic carbocycles. The lowest BCUT2D eigenvalue weighted by Gasteiger charge is -2.54. The highest BCUT2D eigenvalue weighted by molar-refractivity contribution is 7.76. The smallest absolute Gasteiger partial charge is 0.341 e. The number of rotatable bonds is 9. The molecule has 0 N–H and O–H groups in total. The van der Waals surface area contributed by atoms with E-state index in [4.69, 9.17) is 14.2 Å². The molecular formula is C28H36FN6O6S-. The highest BCUT2D eigenvalue weighted by Gasteiger charge is 2.46. The minimum absolute atomic E-state index is 0.00827.